The van der Waals surface area contributed by atoms with Crippen molar-refractivity contribution in [2.24, 2.45) is 10.8 Å². The lowest BCUT2D eigenvalue weighted by Gasteiger charge is -2.32. The van der Waals surface area contributed by atoms with E-state index >= 15 is 0 Å². The summed E-state index contributed by atoms with van der Waals surface area (Å²) in [5.41, 5.74) is -0.267. The highest BCUT2D eigenvalue weighted by Crippen LogP contribution is 2.39. The van der Waals surface area contributed by atoms with Gasteiger partial charge in [0.25, 0.3) is 0 Å². The number of hydrogen-bond acceptors (Lipinski definition) is 6. The van der Waals surface area contributed by atoms with Gasteiger partial charge in [-0.05, 0) is 93.0 Å². The van der Waals surface area contributed by atoms with Crippen molar-refractivity contribution >= 4 is 19.1 Å². The molecule has 1 rings (SSSR count). The third kappa shape index (κ3) is 10.7. The van der Waals surface area contributed by atoms with E-state index in [0.717, 1.165) is 77.0 Å². The summed E-state index contributed by atoms with van der Waals surface area (Å²) in [5.74, 6) is -0.264. The lowest BCUT2D eigenvalue weighted by Crippen LogP contribution is -2.41. The lowest BCUT2D eigenvalue weighted by molar-refractivity contribution is -0.151. The van der Waals surface area contributed by atoms with Crippen LogP contribution in [0.25, 0.3) is 0 Å². The van der Waals surface area contributed by atoms with Crippen molar-refractivity contribution in [2.75, 3.05) is 14.2 Å². The van der Waals surface area contributed by atoms with Crippen molar-refractivity contribution < 1.29 is 28.4 Å². The highest BCUT2D eigenvalue weighted by Gasteiger charge is 2.52. The summed E-state index contributed by atoms with van der Waals surface area (Å²) in [4.78, 5) is 23.7. The van der Waals surface area contributed by atoms with Gasteiger partial charge in [0.1, 0.15) is 0 Å². The van der Waals surface area contributed by atoms with E-state index in [1.165, 1.54) is 19.7 Å². The molecular formula is C30H55BO6. The molecule has 0 spiro atoms. The molecule has 0 saturated carbocycles. The quantitative estimate of drug-likeness (QED) is 0.111. The molecule has 1 aliphatic heterocycles. The van der Waals surface area contributed by atoms with Gasteiger partial charge >= 0.3 is 19.1 Å². The van der Waals surface area contributed by atoms with Crippen molar-refractivity contribution in [1.29, 1.82) is 0 Å². The van der Waals surface area contributed by atoms with Crippen LogP contribution in [0.3, 0.4) is 0 Å². The average Bonchev–Trinajstić information content (AvgIpc) is 3.04. The second-order valence-electron chi connectivity index (χ2n) is 13.0. The van der Waals surface area contributed by atoms with Gasteiger partial charge in [0.05, 0.1) is 36.3 Å². The van der Waals surface area contributed by atoms with Gasteiger partial charge in [-0.2, -0.15) is 0 Å². The molecule has 0 aromatic heterocycles. The second kappa shape index (κ2) is 14.7. The molecule has 1 saturated heterocycles. The van der Waals surface area contributed by atoms with Crippen molar-refractivity contribution in [3.05, 3.63) is 11.5 Å². The number of carbonyl (C=O) groups is 2. The molecule has 214 valence electrons. The first-order valence-corrected chi connectivity index (χ1v) is 14.3. The minimum atomic E-state index is -0.419. The predicted molar refractivity (Wildman–Crippen MR) is 151 cm³/mol. The Bertz CT molecular complexity index is 737. The topological polar surface area (TPSA) is 71.1 Å². The SMILES string of the molecule is COC(=O)C(C)(C)CCCCCC/C=C(/CCCCCCC(C)(C)C(=O)OC)B1OC(C)(C)C(C)(C)O1. The first-order valence-electron chi connectivity index (χ1n) is 14.3. The fraction of sp³-hybridized carbons (Fsp3) is 0.867. The van der Waals surface area contributed by atoms with E-state index in [1.807, 2.05) is 27.7 Å². The maximum Gasteiger partial charge on any atom is 0.490 e. The lowest BCUT2D eigenvalue weighted by atomic mass is 9.74. The van der Waals surface area contributed by atoms with Crippen molar-refractivity contribution in [1.82, 2.24) is 0 Å². The minimum Gasteiger partial charge on any atom is -0.469 e. The van der Waals surface area contributed by atoms with Crippen LogP contribution >= 0.6 is 0 Å². The van der Waals surface area contributed by atoms with Gasteiger partial charge in [0.2, 0.25) is 0 Å². The molecule has 1 heterocycles. The smallest absolute Gasteiger partial charge is 0.469 e. The maximum absolute atomic E-state index is 11.9. The van der Waals surface area contributed by atoms with Crippen LogP contribution in [0.1, 0.15) is 132 Å². The molecule has 1 aliphatic rings. The molecule has 0 amide bonds. The third-order valence-corrected chi connectivity index (χ3v) is 8.21. The Morgan fingerprint density at radius 1 is 0.703 bits per heavy atom. The molecular weight excluding hydrogens is 467 g/mol. The van der Waals surface area contributed by atoms with Crippen LogP contribution < -0.4 is 0 Å². The van der Waals surface area contributed by atoms with E-state index < -0.39 is 10.8 Å². The molecule has 7 heteroatoms. The van der Waals surface area contributed by atoms with E-state index in [-0.39, 0.29) is 30.3 Å². The highest BCUT2D eigenvalue weighted by atomic mass is 16.7. The predicted octanol–water partition coefficient (Wildman–Crippen LogP) is 7.62. The van der Waals surface area contributed by atoms with Gasteiger partial charge in [-0.15, -0.1) is 0 Å². The summed E-state index contributed by atoms with van der Waals surface area (Å²) < 4.78 is 22.6. The summed E-state index contributed by atoms with van der Waals surface area (Å²) in [6, 6.07) is 0. The number of rotatable bonds is 17. The van der Waals surface area contributed by atoms with Gasteiger partial charge in [-0.3, -0.25) is 9.59 Å². The van der Waals surface area contributed by atoms with Gasteiger partial charge < -0.3 is 18.8 Å². The minimum absolute atomic E-state index is 0.130. The van der Waals surface area contributed by atoms with E-state index in [0.29, 0.717) is 0 Å². The van der Waals surface area contributed by atoms with E-state index in [1.54, 1.807) is 0 Å². The standard InChI is InChI=1S/C30H55BO6/c1-27(2,25(32)34-9)22-18-14-11-12-16-20-24(31-36-29(5,6)30(7,8)37-31)21-17-13-15-19-23-28(3,4)26(33)35-10/h20H,11-19,21-23H2,1-10H3/b24-20-. The van der Waals surface area contributed by atoms with Gasteiger partial charge in [0.15, 0.2) is 0 Å². The van der Waals surface area contributed by atoms with E-state index in [2.05, 4.69) is 33.8 Å². The van der Waals surface area contributed by atoms with Crippen LogP contribution in [0.15, 0.2) is 11.5 Å². The molecule has 6 nitrogen and oxygen atoms in total. The molecule has 37 heavy (non-hydrogen) atoms. The van der Waals surface area contributed by atoms with Crippen LogP contribution in [0.5, 0.6) is 0 Å². The Labute approximate surface area is 227 Å². The van der Waals surface area contributed by atoms with E-state index in [4.69, 9.17) is 18.8 Å². The van der Waals surface area contributed by atoms with Gasteiger partial charge in [-0.25, -0.2) is 0 Å². The number of allylic oxidation sites excluding steroid dienone is 2. The summed E-state index contributed by atoms with van der Waals surface area (Å²) in [6.07, 6.45) is 14.7. The molecule has 0 N–H and O–H groups in total. The fourth-order valence-electron chi connectivity index (χ4n) is 4.67. The number of esters is 2. The third-order valence-electron chi connectivity index (χ3n) is 8.21. The van der Waals surface area contributed by atoms with Crippen LogP contribution in [-0.2, 0) is 28.4 Å². The van der Waals surface area contributed by atoms with Crippen molar-refractivity contribution in [2.45, 2.75) is 144 Å². The monoisotopic (exact) mass is 522 g/mol. The second-order valence-corrected chi connectivity index (χ2v) is 13.0. The zero-order valence-corrected chi connectivity index (χ0v) is 25.6. The summed E-state index contributed by atoms with van der Waals surface area (Å²) in [5, 5.41) is 0. The molecule has 0 aliphatic carbocycles. The first kappa shape index (κ1) is 33.7. The fourth-order valence-corrected chi connectivity index (χ4v) is 4.67. The van der Waals surface area contributed by atoms with Crippen LogP contribution in [0.2, 0.25) is 0 Å². The molecule has 0 atom stereocenters. The number of unbranched alkanes of at least 4 members (excludes halogenated alkanes) is 7. The Morgan fingerprint density at radius 2 is 1.11 bits per heavy atom. The summed E-state index contributed by atoms with van der Waals surface area (Å²) >= 11 is 0. The Morgan fingerprint density at radius 3 is 1.54 bits per heavy atom. The average molecular weight is 523 g/mol. The van der Waals surface area contributed by atoms with Gasteiger partial charge in [-0.1, -0.05) is 51.0 Å². The molecule has 0 bridgehead atoms. The van der Waals surface area contributed by atoms with Crippen LogP contribution in [-0.4, -0.2) is 44.5 Å². The number of ether oxygens (including phenoxy) is 2. The Balaban J connectivity index is 2.54. The maximum atomic E-state index is 11.9. The molecule has 0 radical (unpaired) electrons. The molecule has 0 aromatic rings. The Kier molecular flexibility index (Phi) is 13.4. The Hall–Kier alpha value is -1.34. The van der Waals surface area contributed by atoms with Crippen LogP contribution in [0.4, 0.5) is 0 Å². The van der Waals surface area contributed by atoms with Crippen LogP contribution in [0, 0.1) is 10.8 Å². The number of methoxy groups -OCH3 is 2. The largest absolute Gasteiger partial charge is 0.490 e. The number of carbonyl (C=O) groups excluding carboxylic acids is 2. The molecule has 0 unspecified atom stereocenters. The number of hydrogen-bond donors (Lipinski definition) is 0. The highest BCUT2D eigenvalue weighted by molar-refractivity contribution is 6.54. The summed E-state index contributed by atoms with van der Waals surface area (Å²) in [7, 11) is 2.63. The van der Waals surface area contributed by atoms with Crippen molar-refractivity contribution in [3.63, 3.8) is 0 Å². The van der Waals surface area contributed by atoms with Crippen molar-refractivity contribution in [3.8, 4) is 0 Å². The first-order chi connectivity index (χ1) is 17.1. The normalized spacial score (nSPS) is 17.7. The van der Waals surface area contributed by atoms with E-state index in [9.17, 15) is 9.59 Å². The zero-order chi connectivity index (χ0) is 28.3. The van der Waals surface area contributed by atoms with Gasteiger partial charge in [0, 0.05) is 0 Å². The summed E-state index contributed by atoms with van der Waals surface area (Å²) in [6.45, 7) is 16.2. The molecule has 0 aromatic carbocycles. The molecule has 1 fully saturated rings. The zero-order valence-electron chi connectivity index (χ0n) is 25.6.